The SMILES string of the molecule is CCCCCCCCC1(CCCCCCCC)c2cc(N(c3ccc4c(c3)C3(c5ccccc5-c5ccccc53)c3cc(-c5ccccc5)c5oc6ccccc6c5c3-4)c3ccccc3C(C)(C)C)ccc2-c2cc3c(cc21)-c1c(ccc2oc4ccccc4c12)C3(CCCCCCCC)CCCCCCCC. The average molecular weight is 1420 g/mol. The molecular weight excluding hydrogens is 1310 g/mol. The van der Waals surface area contributed by atoms with E-state index >= 15 is 0 Å². The van der Waals surface area contributed by atoms with Gasteiger partial charge >= 0.3 is 0 Å². The Balaban J connectivity index is 0.914. The first-order valence-electron chi connectivity index (χ1n) is 42.6. The third kappa shape index (κ3) is 12.1. The van der Waals surface area contributed by atoms with Gasteiger partial charge in [0, 0.05) is 55.0 Å². The van der Waals surface area contributed by atoms with Gasteiger partial charge in [0.1, 0.15) is 22.3 Å². The Morgan fingerprint density at radius 1 is 0.296 bits per heavy atom. The summed E-state index contributed by atoms with van der Waals surface area (Å²) in [7, 11) is 0. The molecule has 0 atom stereocenters. The second kappa shape index (κ2) is 30.3. The van der Waals surface area contributed by atoms with Crippen LogP contribution in [0.4, 0.5) is 17.1 Å². The molecule has 0 saturated carbocycles. The number of furan rings is 2. The van der Waals surface area contributed by atoms with Gasteiger partial charge in [-0.2, -0.15) is 0 Å². The van der Waals surface area contributed by atoms with Crippen molar-refractivity contribution in [2.45, 2.75) is 250 Å². The third-order valence-corrected chi connectivity index (χ3v) is 26.4. The number of unbranched alkanes of at least 4 members (excludes halogenated alkanes) is 20. The fourth-order valence-corrected chi connectivity index (χ4v) is 21.3. The highest BCUT2D eigenvalue weighted by atomic mass is 16.3. The predicted octanol–water partition coefficient (Wildman–Crippen LogP) is 31.8. The lowest BCUT2D eigenvalue weighted by Crippen LogP contribution is -2.27. The molecule has 0 bridgehead atoms. The lowest BCUT2D eigenvalue weighted by Gasteiger charge is -2.36. The molecule has 0 amide bonds. The summed E-state index contributed by atoms with van der Waals surface area (Å²) in [5, 5.41) is 4.91. The molecule has 17 rings (SSSR count). The minimum atomic E-state index is -0.658. The van der Waals surface area contributed by atoms with E-state index in [1.165, 1.54) is 278 Å². The van der Waals surface area contributed by atoms with E-state index in [0.717, 1.165) is 51.7 Å². The van der Waals surface area contributed by atoms with E-state index in [9.17, 15) is 0 Å². The first kappa shape index (κ1) is 71.7. The zero-order valence-electron chi connectivity index (χ0n) is 65.8. The lowest BCUT2D eigenvalue weighted by molar-refractivity contribution is 0.394. The Bertz CT molecular complexity index is 5350. The standard InChI is InChI=1S/C105H113NO2/c1-8-12-16-20-24-41-63-103(64-42-25-21-17-13-9-2)87-61-62-96-99(79-49-33-39-55-94(79)107-96)98(87)83-71-89-82(70-90(83)103)77-59-57-73(67-88(77)104(89,65-43-26-22-18-14-10-3)66-44-27-23-19-15-11-4)106(93-54-38-37-53-86(93)102(5,6)7)74-58-60-78-91(68-74)105(84-51-35-31-47-75(84)76-48-32-36-52-85(76)105)92-69-81(72-45-29-28-30-46-72)101-100(97(78)92)80-50-34-40-56-95(80)108-101/h28-40,45-62,67-71H,8-27,41-44,63-66H2,1-7H3. The minimum absolute atomic E-state index is 0.121. The van der Waals surface area contributed by atoms with E-state index in [2.05, 4.69) is 272 Å². The van der Waals surface area contributed by atoms with Crippen molar-refractivity contribution in [3.63, 3.8) is 0 Å². The van der Waals surface area contributed by atoms with Gasteiger partial charge in [0.25, 0.3) is 0 Å². The van der Waals surface area contributed by atoms with Crippen LogP contribution in [0.5, 0.6) is 0 Å². The molecule has 0 unspecified atom stereocenters. The number of fused-ring (bicyclic) bond motifs is 24. The Kier molecular flexibility index (Phi) is 20.2. The number of anilines is 3. The summed E-state index contributed by atoms with van der Waals surface area (Å²) in [5.41, 5.74) is 32.5. The van der Waals surface area contributed by atoms with Gasteiger partial charge in [0.15, 0.2) is 0 Å². The van der Waals surface area contributed by atoms with Gasteiger partial charge in [-0.25, -0.2) is 0 Å². The van der Waals surface area contributed by atoms with Crippen LogP contribution in [0.3, 0.4) is 0 Å². The van der Waals surface area contributed by atoms with Crippen LogP contribution in [0.25, 0.3) is 99.5 Å². The van der Waals surface area contributed by atoms with Crippen LogP contribution in [-0.4, -0.2) is 0 Å². The monoisotopic (exact) mass is 1420 g/mol. The highest BCUT2D eigenvalue weighted by Crippen LogP contribution is 2.68. The Morgan fingerprint density at radius 3 is 1.32 bits per heavy atom. The Labute approximate surface area is 644 Å². The van der Waals surface area contributed by atoms with E-state index in [1.807, 2.05) is 0 Å². The summed E-state index contributed by atoms with van der Waals surface area (Å²) in [6.45, 7) is 16.7. The van der Waals surface area contributed by atoms with Crippen LogP contribution >= 0.6 is 0 Å². The molecule has 11 aromatic carbocycles. The average Bonchev–Trinajstić information content (AvgIpc) is 1.49. The van der Waals surface area contributed by atoms with Crippen LogP contribution < -0.4 is 4.90 Å². The second-order valence-corrected chi connectivity index (χ2v) is 34.1. The molecule has 550 valence electrons. The van der Waals surface area contributed by atoms with E-state index in [1.54, 1.807) is 16.7 Å². The van der Waals surface area contributed by atoms with Crippen LogP contribution in [0.15, 0.2) is 227 Å². The van der Waals surface area contributed by atoms with Crippen molar-refractivity contribution in [2.24, 2.45) is 0 Å². The van der Waals surface area contributed by atoms with E-state index in [-0.39, 0.29) is 16.2 Å². The fraction of sp³-hybridized carbons (Fsp3) is 0.371. The first-order valence-corrected chi connectivity index (χ1v) is 42.6. The predicted molar refractivity (Wildman–Crippen MR) is 461 cm³/mol. The number of benzene rings is 11. The molecule has 2 aromatic heterocycles. The zero-order valence-corrected chi connectivity index (χ0v) is 65.8. The number of rotatable bonds is 32. The van der Waals surface area contributed by atoms with Crippen molar-refractivity contribution in [3.8, 4) is 55.6 Å². The molecule has 2 heterocycles. The molecule has 0 saturated heterocycles. The lowest BCUT2D eigenvalue weighted by atomic mass is 9.68. The van der Waals surface area contributed by atoms with Gasteiger partial charge in [-0.3, -0.25) is 0 Å². The van der Waals surface area contributed by atoms with Gasteiger partial charge in [-0.05, 0) is 198 Å². The van der Waals surface area contributed by atoms with Crippen LogP contribution in [0.1, 0.15) is 278 Å². The molecule has 0 aliphatic heterocycles. The number of para-hydroxylation sites is 3. The van der Waals surface area contributed by atoms with Crippen molar-refractivity contribution in [1.29, 1.82) is 0 Å². The summed E-state index contributed by atoms with van der Waals surface area (Å²) >= 11 is 0. The van der Waals surface area contributed by atoms with Crippen molar-refractivity contribution >= 4 is 60.9 Å². The number of nitrogens with zero attached hydrogens (tertiary/aromatic N) is 1. The van der Waals surface area contributed by atoms with Gasteiger partial charge in [0.05, 0.1) is 5.41 Å². The molecule has 0 radical (unpaired) electrons. The number of hydrogen-bond acceptors (Lipinski definition) is 3. The maximum absolute atomic E-state index is 7.19. The molecule has 13 aromatic rings. The summed E-state index contributed by atoms with van der Waals surface area (Å²) in [6, 6.07) is 85.7. The van der Waals surface area contributed by atoms with E-state index in [0.29, 0.717) is 0 Å². The van der Waals surface area contributed by atoms with Crippen molar-refractivity contribution < 1.29 is 8.83 Å². The highest BCUT2D eigenvalue weighted by molar-refractivity contribution is 6.20. The summed E-state index contributed by atoms with van der Waals surface area (Å²) in [5.74, 6) is 0. The largest absolute Gasteiger partial charge is 0.456 e. The molecule has 0 fully saturated rings. The molecule has 4 aliphatic rings. The normalized spacial score (nSPS) is 14.4. The van der Waals surface area contributed by atoms with Gasteiger partial charge in [-0.1, -0.05) is 354 Å². The zero-order chi connectivity index (χ0) is 73.6. The summed E-state index contributed by atoms with van der Waals surface area (Å²) in [4.78, 5) is 2.72. The van der Waals surface area contributed by atoms with Crippen LogP contribution in [-0.2, 0) is 21.7 Å². The van der Waals surface area contributed by atoms with Gasteiger partial charge < -0.3 is 13.7 Å². The van der Waals surface area contributed by atoms with Crippen molar-refractivity contribution in [3.05, 3.63) is 268 Å². The molecule has 0 N–H and O–H groups in total. The molecule has 3 heteroatoms. The molecular formula is C105H113NO2. The topological polar surface area (TPSA) is 29.5 Å². The Hall–Kier alpha value is -9.18. The number of hydrogen-bond donors (Lipinski definition) is 0. The highest BCUT2D eigenvalue weighted by Gasteiger charge is 2.54. The second-order valence-electron chi connectivity index (χ2n) is 34.1. The molecule has 108 heavy (non-hydrogen) atoms. The summed E-state index contributed by atoms with van der Waals surface area (Å²) < 4.78 is 14.2. The fourth-order valence-electron chi connectivity index (χ4n) is 21.3. The molecule has 3 nitrogen and oxygen atoms in total. The van der Waals surface area contributed by atoms with E-state index in [4.69, 9.17) is 8.83 Å². The van der Waals surface area contributed by atoms with Crippen LogP contribution in [0, 0.1) is 0 Å². The quantitative estimate of drug-likeness (QED) is 0.0394. The smallest absolute Gasteiger partial charge is 0.143 e. The van der Waals surface area contributed by atoms with Crippen LogP contribution in [0.2, 0.25) is 0 Å². The van der Waals surface area contributed by atoms with E-state index < -0.39 is 5.41 Å². The Morgan fingerprint density at radius 2 is 0.731 bits per heavy atom. The van der Waals surface area contributed by atoms with Crippen molar-refractivity contribution in [2.75, 3.05) is 4.90 Å². The molecule has 1 spiro atoms. The van der Waals surface area contributed by atoms with Gasteiger partial charge in [0.2, 0.25) is 0 Å². The minimum Gasteiger partial charge on any atom is -0.456 e. The molecule has 4 aliphatic carbocycles. The van der Waals surface area contributed by atoms with Crippen molar-refractivity contribution in [1.82, 2.24) is 0 Å². The third-order valence-electron chi connectivity index (χ3n) is 26.4. The maximum atomic E-state index is 7.19. The summed E-state index contributed by atoms with van der Waals surface area (Å²) in [6.07, 6.45) is 35.3. The maximum Gasteiger partial charge on any atom is 0.143 e. The van der Waals surface area contributed by atoms with Gasteiger partial charge in [-0.15, -0.1) is 0 Å². The first-order chi connectivity index (χ1) is 53.1.